The summed E-state index contributed by atoms with van der Waals surface area (Å²) in [5.41, 5.74) is 15.6. The van der Waals surface area contributed by atoms with E-state index in [1.165, 1.54) is 7.05 Å². The van der Waals surface area contributed by atoms with Crippen LogP contribution >= 0.6 is 0 Å². The van der Waals surface area contributed by atoms with E-state index in [4.69, 9.17) is 22.3 Å². The van der Waals surface area contributed by atoms with Gasteiger partial charge in [0.25, 0.3) is 0 Å². The fourth-order valence-electron chi connectivity index (χ4n) is 1.00. The van der Waals surface area contributed by atoms with Crippen LogP contribution in [-0.4, -0.2) is 42.6 Å². The first kappa shape index (κ1) is 14.0. The number of nitrogens with two attached hydrogens (primary N) is 3. The van der Waals surface area contributed by atoms with Crippen LogP contribution in [0.3, 0.4) is 0 Å². The van der Waals surface area contributed by atoms with Crippen LogP contribution in [0.2, 0.25) is 0 Å². The number of carboxylic acid groups (broad SMARTS) is 1. The molecule has 0 aliphatic carbocycles. The number of carboxylic acids is 1. The molecule has 0 aromatic carbocycles. The van der Waals surface area contributed by atoms with Crippen molar-refractivity contribution < 1.29 is 9.90 Å². The Morgan fingerprint density at radius 2 is 2.06 bits per heavy atom. The molecule has 0 bridgehead atoms. The number of rotatable bonds is 6. The van der Waals surface area contributed by atoms with E-state index in [2.05, 4.69) is 15.3 Å². The van der Waals surface area contributed by atoms with Crippen LogP contribution in [0.15, 0.2) is 9.98 Å². The molecule has 0 fully saturated rings. The molecule has 0 aromatic heterocycles. The topological polar surface area (TPSA) is 152 Å². The van der Waals surface area contributed by atoms with Crippen molar-refractivity contribution in [3.63, 3.8) is 0 Å². The second-order valence-electron chi connectivity index (χ2n) is 3.09. The summed E-state index contributed by atoms with van der Waals surface area (Å²) in [5, 5.41) is 11.4. The largest absolute Gasteiger partial charge is 0.480 e. The molecule has 0 amide bonds. The number of hydrogen-bond donors (Lipinski definition) is 5. The third-order valence-corrected chi connectivity index (χ3v) is 1.81. The van der Waals surface area contributed by atoms with Gasteiger partial charge in [0.1, 0.15) is 6.04 Å². The zero-order chi connectivity index (χ0) is 12.6. The zero-order valence-corrected chi connectivity index (χ0v) is 9.18. The summed E-state index contributed by atoms with van der Waals surface area (Å²) in [6.07, 6.45) is 0.904. The first-order valence-corrected chi connectivity index (χ1v) is 4.74. The normalized spacial score (nSPS) is 12.9. The molecular formula is C8H18N6O2. The average molecular weight is 230 g/mol. The molecule has 0 heterocycles. The lowest BCUT2D eigenvalue weighted by Gasteiger charge is -2.13. The van der Waals surface area contributed by atoms with E-state index in [1.54, 1.807) is 0 Å². The number of nitrogens with zero attached hydrogens (tertiary/aromatic N) is 2. The van der Waals surface area contributed by atoms with Crippen LogP contribution in [0.4, 0.5) is 0 Å². The molecule has 0 spiro atoms. The fraction of sp³-hybridized carbons (Fsp3) is 0.625. The van der Waals surface area contributed by atoms with Crippen molar-refractivity contribution in [3.05, 3.63) is 0 Å². The number of carbonyl (C=O) groups is 1. The second-order valence-corrected chi connectivity index (χ2v) is 3.09. The molecule has 1 atom stereocenters. The summed E-state index contributed by atoms with van der Waals surface area (Å²) in [4.78, 5) is 18.2. The summed E-state index contributed by atoms with van der Waals surface area (Å²) in [6, 6.07) is -0.780. The van der Waals surface area contributed by atoms with Crippen molar-refractivity contribution >= 4 is 17.9 Å². The second kappa shape index (κ2) is 7.32. The van der Waals surface area contributed by atoms with Gasteiger partial charge in [-0.2, -0.15) is 0 Å². The van der Waals surface area contributed by atoms with Gasteiger partial charge in [-0.05, 0) is 12.8 Å². The molecule has 8 heteroatoms. The summed E-state index contributed by atoms with van der Waals surface area (Å²) in [5.74, 6) is -0.903. The molecule has 0 saturated heterocycles. The third-order valence-electron chi connectivity index (χ3n) is 1.81. The van der Waals surface area contributed by atoms with Crippen LogP contribution in [0, 0.1) is 0 Å². The molecular weight excluding hydrogens is 212 g/mol. The highest BCUT2D eigenvalue weighted by molar-refractivity contribution is 5.84. The van der Waals surface area contributed by atoms with E-state index in [9.17, 15) is 4.79 Å². The maximum absolute atomic E-state index is 10.8. The van der Waals surface area contributed by atoms with Gasteiger partial charge in [-0.15, -0.1) is 0 Å². The maximum atomic E-state index is 10.8. The van der Waals surface area contributed by atoms with Crippen molar-refractivity contribution in [2.45, 2.75) is 18.9 Å². The smallest absolute Gasteiger partial charge is 0.326 e. The fourth-order valence-corrected chi connectivity index (χ4v) is 1.00. The first-order chi connectivity index (χ1) is 7.47. The lowest BCUT2D eigenvalue weighted by atomic mass is 10.1. The van der Waals surface area contributed by atoms with Gasteiger partial charge in [-0.25, -0.2) is 4.79 Å². The highest BCUT2D eigenvalue weighted by atomic mass is 16.4. The van der Waals surface area contributed by atoms with Crippen molar-refractivity contribution in [1.82, 2.24) is 5.32 Å². The molecule has 8 nitrogen and oxygen atoms in total. The van der Waals surface area contributed by atoms with Crippen molar-refractivity contribution in [1.29, 1.82) is 0 Å². The van der Waals surface area contributed by atoms with Gasteiger partial charge in [0.2, 0.25) is 0 Å². The number of nitrogens with one attached hydrogen (secondary N) is 1. The number of guanidine groups is 2. The Kier molecular flexibility index (Phi) is 6.41. The minimum atomic E-state index is -0.990. The van der Waals surface area contributed by atoms with E-state index in [-0.39, 0.29) is 11.9 Å². The molecule has 0 rings (SSSR count). The Hall–Kier alpha value is -1.99. The third kappa shape index (κ3) is 6.46. The Labute approximate surface area is 93.6 Å². The number of aliphatic imine (C=N–C) groups is 2. The first-order valence-electron chi connectivity index (χ1n) is 4.74. The van der Waals surface area contributed by atoms with Crippen LogP contribution in [0.25, 0.3) is 0 Å². The summed E-state index contributed by atoms with van der Waals surface area (Å²) in [6.45, 7) is 0.386. The van der Waals surface area contributed by atoms with Gasteiger partial charge in [0.15, 0.2) is 11.9 Å². The molecule has 0 aliphatic rings. The van der Waals surface area contributed by atoms with E-state index in [0.29, 0.717) is 19.4 Å². The Bertz CT molecular complexity index is 284. The zero-order valence-electron chi connectivity index (χ0n) is 9.18. The Morgan fingerprint density at radius 1 is 1.44 bits per heavy atom. The monoisotopic (exact) mass is 230 g/mol. The van der Waals surface area contributed by atoms with Crippen molar-refractivity contribution in [3.8, 4) is 0 Å². The average Bonchev–Trinajstić information content (AvgIpc) is 2.21. The molecule has 0 unspecified atom stereocenters. The lowest BCUT2D eigenvalue weighted by Crippen LogP contribution is -2.44. The minimum absolute atomic E-state index is 0.00512. The molecule has 0 saturated carbocycles. The lowest BCUT2D eigenvalue weighted by molar-refractivity contribution is -0.139. The number of hydrogen-bond acceptors (Lipinski definition) is 3. The number of aliphatic carboxylic acids is 1. The van der Waals surface area contributed by atoms with Crippen LogP contribution in [0.1, 0.15) is 12.8 Å². The highest BCUT2D eigenvalue weighted by Crippen LogP contribution is 1.98. The molecule has 0 aromatic rings. The van der Waals surface area contributed by atoms with Gasteiger partial charge in [-0.1, -0.05) is 0 Å². The quantitative estimate of drug-likeness (QED) is 0.203. The van der Waals surface area contributed by atoms with Crippen LogP contribution in [-0.2, 0) is 4.79 Å². The van der Waals surface area contributed by atoms with Gasteiger partial charge in [-0.3, -0.25) is 9.98 Å². The Morgan fingerprint density at radius 3 is 2.50 bits per heavy atom. The van der Waals surface area contributed by atoms with Gasteiger partial charge in [0, 0.05) is 13.6 Å². The van der Waals surface area contributed by atoms with E-state index in [0.717, 1.165) is 0 Å². The van der Waals surface area contributed by atoms with E-state index >= 15 is 0 Å². The highest BCUT2D eigenvalue weighted by Gasteiger charge is 2.16. The molecule has 0 aliphatic heterocycles. The summed E-state index contributed by atoms with van der Waals surface area (Å²) < 4.78 is 0. The maximum Gasteiger partial charge on any atom is 0.326 e. The predicted molar refractivity (Wildman–Crippen MR) is 62.0 cm³/mol. The van der Waals surface area contributed by atoms with Crippen LogP contribution < -0.4 is 22.5 Å². The SMILES string of the molecule is CN=C(N)N[C@@H](CCCN=C(N)N)C(=O)O. The minimum Gasteiger partial charge on any atom is -0.480 e. The van der Waals surface area contributed by atoms with E-state index < -0.39 is 12.0 Å². The van der Waals surface area contributed by atoms with Gasteiger partial charge in [0.05, 0.1) is 0 Å². The van der Waals surface area contributed by atoms with Gasteiger partial charge >= 0.3 is 5.97 Å². The molecule has 16 heavy (non-hydrogen) atoms. The van der Waals surface area contributed by atoms with Crippen molar-refractivity contribution in [2.24, 2.45) is 27.2 Å². The molecule has 92 valence electrons. The van der Waals surface area contributed by atoms with E-state index in [1.807, 2.05) is 0 Å². The standard InChI is InChI=1S/C8H18N6O2/c1-12-8(11)14-5(6(15)16)3-2-4-13-7(9)10/h5H,2-4H2,1H3,(H,15,16)(H4,9,10,13)(H3,11,12,14)/t5-/m0/s1. The predicted octanol–water partition coefficient (Wildman–Crippen LogP) is -1.97. The van der Waals surface area contributed by atoms with Crippen molar-refractivity contribution in [2.75, 3.05) is 13.6 Å². The Balaban J connectivity index is 4.05. The molecule has 8 N–H and O–H groups in total. The van der Waals surface area contributed by atoms with Gasteiger partial charge < -0.3 is 27.6 Å². The summed E-state index contributed by atoms with van der Waals surface area (Å²) in [7, 11) is 1.47. The molecule has 0 radical (unpaired) electrons. The summed E-state index contributed by atoms with van der Waals surface area (Å²) >= 11 is 0. The van der Waals surface area contributed by atoms with Crippen LogP contribution in [0.5, 0.6) is 0 Å².